The molecule has 2 saturated heterocycles. The summed E-state index contributed by atoms with van der Waals surface area (Å²) < 4.78 is 26.2. The first kappa shape index (κ1) is 31.6. The fraction of sp³-hybridized carbons (Fsp3) is 0.314. The zero-order valence-electron chi connectivity index (χ0n) is 25.5. The number of ether oxygens (including phenoxy) is 2. The normalized spacial score (nSPS) is 28.2. The number of fused-ring (bicyclic) bond motifs is 4. The Balaban J connectivity index is 1.41. The van der Waals surface area contributed by atoms with E-state index < -0.39 is 52.6 Å². The molecule has 4 amide bonds. The lowest BCUT2D eigenvalue weighted by molar-refractivity contribution is -0.131. The molecule has 2 aliphatic carbocycles. The van der Waals surface area contributed by atoms with Gasteiger partial charge in [0.15, 0.2) is 0 Å². The van der Waals surface area contributed by atoms with E-state index in [1.54, 1.807) is 25.1 Å². The van der Waals surface area contributed by atoms with Gasteiger partial charge >= 0.3 is 0 Å². The van der Waals surface area contributed by atoms with E-state index in [-0.39, 0.29) is 52.4 Å². The Bertz CT molecular complexity index is 1920. The van der Waals surface area contributed by atoms with Gasteiger partial charge in [-0.1, -0.05) is 23.3 Å². The van der Waals surface area contributed by atoms with Crippen LogP contribution in [0.25, 0.3) is 0 Å². The number of phenolic OH excluding ortho intramolecular Hbond substituents is 1. The summed E-state index contributed by atoms with van der Waals surface area (Å²) in [5, 5.41) is 11.3. The van der Waals surface area contributed by atoms with Crippen LogP contribution in [0.1, 0.15) is 31.2 Å². The van der Waals surface area contributed by atoms with E-state index in [9.17, 15) is 28.7 Å². The minimum atomic E-state index is -1.46. The van der Waals surface area contributed by atoms with Gasteiger partial charge in [-0.2, -0.15) is 0 Å². The van der Waals surface area contributed by atoms with E-state index >= 15 is 0 Å². The van der Waals surface area contributed by atoms with Gasteiger partial charge in [0.25, 0.3) is 0 Å². The summed E-state index contributed by atoms with van der Waals surface area (Å²) in [4.78, 5) is 59.3. The van der Waals surface area contributed by atoms with Crippen LogP contribution in [0, 0.1) is 38.5 Å². The van der Waals surface area contributed by atoms with E-state index in [1.807, 2.05) is 18.2 Å². The smallest absolute Gasteiger partial charge is 0.241 e. The van der Waals surface area contributed by atoms with Gasteiger partial charge in [0.1, 0.15) is 23.1 Å². The van der Waals surface area contributed by atoms with Crippen LogP contribution in [0.15, 0.2) is 66.2 Å². The number of anilines is 2. The van der Waals surface area contributed by atoms with Crippen LogP contribution in [-0.2, 0) is 19.2 Å². The first-order valence-electron chi connectivity index (χ1n) is 15.0. The molecule has 242 valence electrons. The highest BCUT2D eigenvalue weighted by molar-refractivity contribution is 14.1. The molecule has 4 aliphatic rings. The Morgan fingerprint density at radius 2 is 1.62 bits per heavy atom. The van der Waals surface area contributed by atoms with Crippen molar-refractivity contribution in [3.63, 3.8) is 0 Å². The minimum Gasteiger partial charge on any atom is -0.507 e. The topological polar surface area (TPSA) is 113 Å². The van der Waals surface area contributed by atoms with Crippen molar-refractivity contribution in [2.75, 3.05) is 24.0 Å². The van der Waals surface area contributed by atoms with Gasteiger partial charge < -0.3 is 14.6 Å². The van der Waals surface area contributed by atoms with E-state index in [0.29, 0.717) is 17.0 Å². The maximum absolute atomic E-state index is 14.6. The molecule has 1 saturated carbocycles. The average molecular weight is 771 g/mol. The summed E-state index contributed by atoms with van der Waals surface area (Å²) in [6.07, 6.45) is 2.23. The van der Waals surface area contributed by atoms with Crippen LogP contribution < -0.4 is 19.3 Å². The van der Waals surface area contributed by atoms with Crippen LogP contribution in [0.4, 0.5) is 15.8 Å². The third kappa shape index (κ3) is 4.52. The highest BCUT2D eigenvalue weighted by Gasteiger charge is 2.68. The molecular weight excluding hydrogens is 742 g/mol. The van der Waals surface area contributed by atoms with Crippen LogP contribution in [0.3, 0.4) is 0 Å². The standard InChI is InChI=1S/C35H29ClFIN2O7/c1-35-23(32(43)40(34(35)45)18-8-11-25(37)24(36)12-18)15-22-20(30(35)29-26(41)13-19(46-2)14-27(29)47-3)9-10-21-28(22)33(44)39(31(21)42)17-6-4-16(38)5-7-17/h4-9,11-14,21-23,28,30,41H,10,15H2,1-3H3. The van der Waals surface area contributed by atoms with E-state index in [0.717, 1.165) is 14.5 Å². The second kappa shape index (κ2) is 11.3. The molecule has 3 aromatic carbocycles. The highest BCUT2D eigenvalue weighted by Crippen LogP contribution is 2.65. The first-order chi connectivity index (χ1) is 22.4. The molecule has 0 aromatic heterocycles. The molecule has 7 rings (SSSR count). The Hall–Kier alpha value is -3.97. The third-order valence-corrected chi connectivity index (χ3v) is 11.4. The average Bonchev–Trinajstić information content (AvgIpc) is 3.42. The van der Waals surface area contributed by atoms with Gasteiger partial charge in [-0.05, 0) is 90.7 Å². The van der Waals surface area contributed by atoms with Crippen molar-refractivity contribution in [3.8, 4) is 17.2 Å². The lowest BCUT2D eigenvalue weighted by Crippen LogP contribution is -2.49. The second-order valence-electron chi connectivity index (χ2n) is 12.5. The molecule has 9 nitrogen and oxygen atoms in total. The number of amides is 4. The van der Waals surface area contributed by atoms with Crippen molar-refractivity contribution in [3.05, 3.63) is 86.2 Å². The molecule has 1 N–H and O–H groups in total. The molecule has 12 heteroatoms. The molecule has 2 heterocycles. The molecule has 0 bridgehead atoms. The number of methoxy groups -OCH3 is 2. The number of imide groups is 2. The molecule has 3 fully saturated rings. The summed E-state index contributed by atoms with van der Waals surface area (Å²) >= 11 is 8.23. The van der Waals surface area contributed by atoms with Crippen molar-refractivity contribution >= 4 is 69.2 Å². The molecule has 2 aliphatic heterocycles. The lowest BCUT2D eigenvalue weighted by atomic mass is 9.51. The van der Waals surface area contributed by atoms with Crippen LogP contribution in [0.2, 0.25) is 5.02 Å². The Morgan fingerprint density at radius 3 is 2.28 bits per heavy atom. The number of hydrogen-bond donors (Lipinski definition) is 1. The predicted molar refractivity (Wildman–Crippen MR) is 179 cm³/mol. The van der Waals surface area contributed by atoms with Gasteiger partial charge in [-0.15, -0.1) is 0 Å². The van der Waals surface area contributed by atoms with Crippen LogP contribution in [0.5, 0.6) is 17.2 Å². The summed E-state index contributed by atoms with van der Waals surface area (Å²) in [5.41, 5.74) is 0.0534. The van der Waals surface area contributed by atoms with Crippen molar-refractivity contribution in [2.24, 2.45) is 29.1 Å². The molecule has 3 aromatic rings. The van der Waals surface area contributed by atoms with Gasteiger partial charge in [0, 0.05) is 27.2 Å². The maximum atomic E-state index is 14.6. The Morgan fingerprint density at radius 1 is 0.915 bits per heavy atom. The Labute approximate surface area is 288 Å². The molecule has 6 atom stereocenters. The lowest BCUT2D eigenvalue weighted by Gasteiger charge is -2.49. The number of benzene rings is 3. The van der Waals surface area contributed by atoms with Crippen molar-refractivity contribution in [1.29, 1.82) is 0 Å². The minimum absolute atomic E-state index is 0.106. The number of halogens is 3. The summed E-state index contributed by atoms with van der Waals surface area (Å²) in [6, 6.07) is 13.7. The first-order valence-corrected chi connectivity index (χ1v) is 16.5. The van der Waals surface area contributed by atoms with Crippen molar-refractivity contribution < 1.29 is 38.1 Å². The summed E-state index contributed by atoms with van der Waals surface area (Å²) in [7, 11) is 2.87. The summed E-state index contributed by atoms with van der Waals surface area (Å²) in [5.74, 6) is -6.12. The monoisotopic (exact) mass is 770 g/mol. The molecular formula is C35H29ClFIN2O7. The van der Waals surface area contributed by atoms with Gasteiger partial charge in [0.05, 0.1) is 53.8 Å². The van der Waals surface area contributed by atoms with Crippen LogP contribution in [-0.4, -0.2) is 43.0 Å². The second-order valence-corrected chi connectivity index (χ2v) is 14.2. The fourth-order valence-electron chi connectivity index (χ4n) is 8.20. The van der Waals surface area contributed by atoms with E-state index in [2.05, 4.69) is 22.6 Å². The molecule has 0 spiro atoms. The number of hydrogen-bond acceptors (Lipinski definition) is 7. The van der Waals surface area contributed by atoms with Crippen molar-refractivity contribution in [2.45, 2.75) is 25.7 Å². The van der Waals surface area contributed by atoms with Crippen molar-refractivity contribution in [1.82, 2.24) is 0 Å². The number of carbonyl (C=O) groups is 4. The van der Waals surface area contributed by atoms with E-state index in [4.69, 9.17) is 21.1 Å². The zero-order chi connectivity index (χ0) is 33.5. The number of carbonyl (C=O) groups excluding carboxylic acids is 4. The van der Waals surface area contributed by atoms with E-state index in [1.165, 1.54) is 37.3 Å². The number of nitrogens with zero attached hydrogens (tertiary/aromatic N) is 2. The van der Waals surface area contributed by atoms with Crippen LogP contribution >= 0.6 is 34.2 Å². The number of aromatic hydroxyl groups is 1. The number of allylic oxidation sites excluding steroid dienone is 2. The predicted octanol–water partition coefficient (Wildman–Crippen LogP) is 6.24. The maximum Gasteiger partial charge on any atom is 0.241 e. The molecule has 0 radical (unpaired) electrons. The SMILES string of the molecule is COc1cc(O)c(C2C3=CCC4C(=O)N(c5ccc(I)cc5)C(=O)C4C3CC3C(=O)N(c4ccc(F)c(Cl)c4)C(=O)C32C)c(OC)c1. The number of rotatable bonds is 5. The Kier molecular flexibility index (Phi) is 7.62. The van der Waals surface area contributed by atoms with Gasteiger partial charge in [-0.3, -0.25) is 24.1 Å². The fourth-order valence-corrected chi connectivity index (χ4v) is 8.74. The largest absolute Gasteiger partial charge is 0.507 e. The number of phenols is 1. The highest BCUT2D eigenvalue weighted by atomic mass is 127. The quantitative estimate of drug-likeness (QED) is 0.186. The zero-order valence-corrected chi connectivity index (χ0v) is 28.4. The third-order valence-electron chi connectivity index (χ3n) is 10.4. The summed E-state index contributed by atoms with van der Waals surface area (Å²) in [6.45, 7) is 1.68. The molecule has 47 heavy (non-hydrogen) atoms. The van der Waals surface area contributed by atoms with Gasteiger partial charge in [0.2, 0.25) is 23.6 Å². The molecule has 6 unspecified atom stereocenters. The van der Waals surface area contributed by atoms with Gasteiger partial charge in [-0.25, -0.2) is 9.29 Å².